The van der Waals surface area contributed by atoms with Crippen LogP contribution in [0.25, 0.3) is 0 Å². The molecule has 0 saturated carbocycles. The van der Waals surface area contributed by atoms with Gasteiger partial charge in [-0.2, -0.15) is 0 Å². The topological polar surface area (TPSA) is 29.5 Å². The Bertz CT molecular complexity index is 569. The van der Waals surface area contributed by atoms with E-state index < -0.39 is 0 Å². The second-order valence-corrected chi connectivity index (χ2v) is 5.09. The maximum Gasteiger partial charge on any atom is 0.130 e. The van der Waals surface area contributed by atoms with Crippen LogP contribution in [0.4, 0.5) is 4.39 Å². The quantitative estimate of drug-likeness (QED) is 0.861. The van der Waals surface area contributed by atoms with Crippen molar-refractivity contribution >= 4 is 11.6 Å². The van der Waals surface area contributed by atoms with Gasteiger partial charge in [0.05, 0.1) is 0 Å². The minimum atomic E-state index is -0.322. The molecule has 0 aliphatic rings. The number of rotatable bonds is 5. The highest BCUT2D eigenvalue weighted by atomic mass is 35.5. The summed E-state index contributed by atoms with van der Waals surface area (Å²) in [7, 11) is 0. The molecular weight excluding hydrogens is 279 g/mol. The third-order valence-electron chi connectivity index (χ3n) is 3.11. The molecule has 0 fully saturated rings. The van der Waals surface area contributed by atoms with Crippen LogP contribution in [0.1, 0.15) is 24.8 Å². The van der Waals surface area contributed by atoms with Gasteiger partial charge in [-0.1, -0.05) is 24.6 Å². The summed E-state index contributed by atoms with van der Waals surface area (Å²) in [6.07, 6.45) is 0.536. The van der Waals surface area contributed by atoms with Crippen molar-refractivity contribution in [3.63, 3.8) is 0 Å². The standard InChI is InChI=1S/C16H16ClFO2/c1-11(8-9-19)15-7-6-14(10-16(15)18)20-13-4-2-12(17)3-5-13/h2-7,10-11,19H,8-9H2,1H3. The fourth-order valence-electron chi connectivity index (χ4n) is 1.96. The Morgan fingerprint density at radius 1 is 1.15 bits per heavy atom. The number of ether oxygens (including phenoxy) is 1. The first kappa shape index (κ1) is 14.8. The zero-order chi connectivity index (χ0) is 14.5. The molecule has 2 rings (SSSR count). The lowest BCUT2D eigenvalue weighted by Crippen LogP contribution is -2.00. The summed E-state index contributed by atoms with van der Waals surface area (Å²) < 4.78 is 19.6. The van der Waals surface area contributed by atoms with Crippen molar-refractivity contribution in [1.82, 2.24) is 0 Å². The van der Waals surface area contributed by atoms with E-state index in [1.54, 1.807) is 36.4 Å². The van der Waals surface area contributed by atoms with E-state index in [9.17, 15) is 4.39 Å². The van der Waals surface area contributed by atoms with Gasteiger partial charge in [-0.05, 0) is 48.2 Å². The highest BCUT2D eigenvalue weighted by Crippen LogP contribution is 2.28. The summed E-state index contributed by atoms with van der Waals surface area (Å²) in [5.41, 5.74) is 0.586. The van der Waals surface area contributed by atoms with E-state index in [1.165, 1.54) is 6.07 Å². The Morgan fingerprint density at radius 2 is 1.80 bits per heavy atom. The van der Waals surface area contributed by atoms with E-state index in [1.807, 2.05) is 6.92 Å². The predicted octanol–water partition coefficient (Wildman–Crippen LogP) is 4.76. The van der Waals surface area contributed by atoms with Crippen LogP contribution in [0.15, 0.2) is 42.5 Å². The molecule has 2 aromatic rings. The summed E-state index contributed by atoms with van der Waals surface area (Å²) in [6.45, 7) is 1.93. The highest BCUT2D eigenvalue weighted by Gasteiger charge is 2.11. The fourth-order valence-corrected chi connectivity index (χ4v) is 2.08. The van der Waals surface area contributed by atoms with Gasteiger partial charge in [0, 0.05) is 17.7 Å². The summed E-state index contributed by atoms with van der Waals surface area (Å²) in [6, 6.07) is 11.7. The molecule has 0 heterocycles. The number of hydrogen-bond donors (Lipinski definition) is 1. The predicted molar refractivity (Wildman–Crippen MR) is 78.0 cm³/mol. The van der Waals surface area contributed by atoms with E-state index in [0.717, 1.165) is 0 Å². The Kier molecular flexibility index (Phi) is 4.99. The van der Waals surface area contributed by atoms with Gasteiger partial charge in [-0.3, -0.25) is 0 Å². The Balaban J connectivity index is 2.14. The number of halogens is 2. The molecule has 1 unspecified atom stereocenters. The van der Waals surface area contributed by atoms with Crippen LogP contribution in [0.2, 0.25) is 5.02 Å². The van der Waals surface area contributed by atoms with Gasteiger partial charge in [0.1, 0.15) is 17.3 Å². The third kappa shape index (κ3) is 3.71. The van der Waals surface area contributed by atoms with E-state index in [-0.39, 0.29) is 18.3 Å². The second kappa shape index (κ2) is 6.73. The fraction of sp³-hybridized carbons (Fsp3) is 0.250. The van der Waals surface area contributed by atoms with E-state index >= 15 is 0 Å². The molecule has 0 aromatic heterocycles. The minimum Gasteiger partial charge on any atom is -0.457 e. The van der Waals surface area contributed by atoms with Crippen LogP contribution in [-0.4, -0.2) is 11.7 Å². The van der Waals surface area contributed by atoms with Gasteiger partial charge in [0.25, 0.3) is 0 Å². The van der Waals surface area contributed by atoms with Gasteiger partial charge in [0.2, 0.25) is 0 Å². The van der Waals surface area contributed by atoms with Gasteiger partial charge in [-0.25, -0.2) is 4.39 Å². The summed E-state index contributed by atoms with van der Waals surface area (Å²) in [5.74, 6) is 0.691. The molecule has 20 heavy (non-hydrogen) atoms. The van der Waals surface area contributed by atoms with Crippen LogP contribution in [0.5, 0.6) is 11.5 Å². The number of aliphatic hydroxyl groups excluding tert-OH is 1. The van der Waals surface area contributed by atoms with Crippen LogP contribution in [-0.2, 0) is 0 Å². The van der Waals surface area contributed by atoms with Crippen molar-refractivity contribution in [1.29, 1.82) is 0 Å². The maximum atomic E-state index is 14.0. The average Bonchev–Trinajstić information content (AvgIpc) is 2.42. The van der Waals surface area contributed by atoms with Crippen molar-refractivity contribution in [3.05, 3.63) is 58.9 Å². The number of hydrogen-bond acceptors (Lipinski definition) is 2. The van der Waals surface area contributed by atoms with Crippen molar-refractivity contribution in [2.24, 2.45) is 0 Å². The van der Waals surface area contributed by atoms with Crippen molar-refractivity contribution < 1.29 is 14.2 Å². The van der Waals surface area contributed by atoms with Crippen molar-refractivity contribution in [2.45, 2.75) is 19.3 Å². The summed E-state index contributed by atoms with van der Waals surface area (Å²) in [4.78, 5) is 0. The molecule has 4 heteroatoms. The molecule has 106 valence electrons. The van der Waals surface area contributed by atoms with Gasteiger partial charge in [-0.15, -0.1) is 0 Å². The van der Waals surface area contributed by atoms with Crippen molar-refractivity contribution in [3.8, 4) is 11.5 Å². The molecule has 0 radical (unpaired) electrons. The first-order chi connectivity index (χ1) is 9.60. The van der Waals surface area contributed by atoms with Crippen LogP contribution in [0, 0.1) is 5.82 Å². The normalized spacial score (nSPS) is 12.2. The first-order valence-electron chi connectivity index (χ1n) is 6.44. The zero-order valence-corrected chi connectivity index (χ0v) is 11.9. The monoisotopic (exact) mass is 294 g/mol. The molecule has 0 amide bonds. The van der Waals surface area contributed by atoms with Crippen LogP contribution in [0.3, 0.4) is 0 Å². The molecular formula is C16H16ClFO2. The van der Waals surface area contributed by atoms with Gasteiger partial charge in [0.15, 0.2) is 0 Å². The molecule has 0 saturated heterocycles. The van der Waals surface area contributed by atoms with E-state index in [0.29, 0.717) is 28.5 Å². The van der Waals surface area contributed by atoms with Crippen molar-refractivity contribution in [2.75, 3.05) is 6.61 Å². The lowest BCUT2D eigenvalue weighted by molar-refractivity contribution is 0.277. The number of aliphatic hydroxyl groups is 1. The molecule has 0 aliphatic carbocycles. The van der Waals surface area contributed by atoms with E-state index in [2.05, 4.69) is 0 Å². The van der Waals surface area contributed by atoms with Gasteiger partial charge >= 0.3 is 0 Å². The lowest BCUT2D eigenvalue weighted by Gasteiger charge is -2.13. The maximum absolute atomic E-state index is 14.0. The Labute approximate surface area is 122 Å². The molecule has 0 aliphatic heterocycles. The average molecular weight is 295 g/mol. The summed E-state index contributed by atoms with van der Waals surface area (Å²) in [5, 5.41) is 9.52. The van der Waals surface area contributed by atoms with Crippen LogP contribution >= 0.6 is 11.6 Å². The van der Waals surface area contributed by atoms with E-state index in [4.69, 9.17) is 21.4 Å². The summed E-state index contributed by atoms with van der Waals surface area (Å²) >= 11 is 5.79. The van der Waals surface area contributed by atoms with Gasteiger partial charge < -0.3 is 9.84 Å². The Morgan fingerprint density at radius 3 is 2.40 bits per heavy atom. The van der Waals surface area contributed by atoms with Crippen LogP contribution < -0.4 is 4.74 Å². The molecule has 2 aromatic carbocycles. The molecule has 1 atom stereocenters. The Hall–Kier alpha value is -1.58. The zero-order valence-electron chi connectivity index (χ0n) is 11.1. The molecule has 1 N–H and O–H groups in total. The first-order valence-corrected chi connectivity index (χ1v) is 6.81. The third-order valence-corrected chi connectivity index (χ3v) is 3.37. The SMILES string of the molecule is CC(CCO)c1ccc(Oc2ccc(Cl)cc2)cc1F. The second-order valence-electron chi connectivity index (χ2n) is 4.65. The largest absolute Gasteiger partial charge is 0.457 e. The highest BCUT2D eigenvalue weighted by molar-refractivity contribution is 6.30. The molecule has 0 bridgehead atoms. The smallest absolute Gasteiger partial charge is 0.130 e. The molecule has 2 nitrogen and oxygen atoms in total. The molecule has 0 spiro atoms. The minimum absolute atomic E-state index is 0.0235. The number of benzene rings is 2. The lowest BCUT2D eigenvalue weighted by atomic mass is 9.97.